The summed E-state index contributed by atoms with van der Waals surface area (Å²) in [5, 5.41) is 10.1. The zero-order valence-electron chi connectivity index (χ0n) is 11.7. The standard InChI is InChI=1S/C13H26N2O3/c1-13(2,3)18-12(17)15-8-4-5-10(6-7-14)11(16)9-15/h10-11,16H,4-9,14H2,1-3H3. The van der Waals surface area contributed by atoms with E-state index in [1.54, 1.807) is 4.90 Å². The van der Waals surface area contributed by atoms with Gasteiger partial charge >= 0.3 is 6.09 Å². The van der Waals surface area contributed by atoms with Crippen LogP contribution in [0.3, 0.4) is 0 Å². The summed E-state index contributed by atoms with van der Waals surface area (Å²) in [7, 11) is 0. The van der Waals surface area contributed by atoms with E-state index in [1.807, 2.05) is 20.8 Å². The zero-order chi connectivity index (χ0) is 13.8. The number of carbonyl (C=O) groups is 1. The molecule has 3 N–H and O–H groups in total. The van der Waals surface area contributed by atoms with Crippen molar-refractivity contribution in [1.82, 2.24) is 4.90 Å². The quantitative estimate of drug-likeness (QED) is 0.784. The first-order valence-corrected chi connectivity index (χ1v) is 6.69. The predicted octanol–water partition coefficient (Wildman–Crippen LogP) is 1.34. The average molecular weight is 258 g/mol. The van der Waals surface area contributed by atoms with Crippen LogP contribution in [-0.2, 0) is 4.74 Å². The molecule has 5 nitrogen and oxygen atoms in total. The third-order valence-corrected chi connectivity index (χ3v) is 3.14. The topological polar surface area (TPSA) is 75.8 Å². The fourth-order valence-corrected chi connectivity index (χ4v) is 2.25. The van der Waals surface area contributed by atoms with Gasteiger partial charge in [-0.25, -0.2) is 4.79 Å². The molecular formula is C13H26N2O3. The normalized spacial score (nSPS) is 25.7. The van der Waals surface area contributed by atoms with Gasteiger partial charge in [0.15, 0.2) is 0 Å². The minimum Gasteiger partial charge on any atom is -0.444 e. The van der Waals surface area contributed by atoms with Gasteiger partial charge in [0.2, 0.25) is 0 Å². The minimum absolute atomic E-state index is 0.197. The Morgan fingerprint density at radius 2 is 2.17 bits per heavy atom. The molecule has 0 aromatic heterocycles. The van der Waals surface area contributed by atoms with Gasteiger partial charge in [-0.3, -0.25) is 0 Å². The van der Waals surface area contributed by atoms with E-state index in [9.17, 15) is 9.90 Å². The van der Waals surface area contributed by atoms with Crippen LogP contribution in [0.15, 0.2) is 0 Å². The van der Waals surface area contributed by atoms with Crippen molar-refractivity contribution in [2.24, 2.45) is 11.7 Å². The zero-order valence-corrected chi connectivity index (χ0v) is 11.7. The number of aliphatic hydroxyl groups is 1. The highest BCUT2D eigenvalue weighted by Crippen LogP contribution is 2.22. The molecular weight excluding hydrogens is 232 g/mol. The van der Waals surface area contributed by atoms with E-state index in [4.69, 9.17) is 10.5 Å². The van der Waals surface area contributed by atoms with Crippen LogP contribution in [0, 0.1) is 5.92 Å². The number of hydrogen-bond donors (Lipinski definition) is 2. The lowest BCUT2D eigenvalue weighted by Gasteiger charge is -2.28. The summed E-state index contributed by atoms with van der Waals surface area (Å²) in [5.74, 6) is 0.197. The number of amides is 1. The van der Waals surface area contributed by atoms with E-state index in [0.717, 1.165) is 19.3 Å². The van der Waals surface area contributed by atoms with E-state index in [-0.39, 0.29) is 12.0 Å². The van der Waals surface area contributed by atoms with Crippen molar-refractivity contribution < 1.29 is 14.6 Å². The Morgan fingerprint density at radius 1 is 1.50 bits per heavy atom. The summed E-state index contributed by atoms with van der Waals surface area (Å²) in [6.45, 7) is 7.10. The molecule has 2 unspecified atom stereocenters. The molecule has 18 heavy (non-hydrogen) atoms. The van der Waals surface area contributed by atoms with Crippen LogP contribution >= 0.6 is 0 Å². The molecule has 106 valence electrons. The Balaban J connectivity index is 2.56. The first kappa shape index (κ1) is 15.2. The van der Waals surface area contributed by atoms with E-state index in [0.29, 0.717) is 19.6 Å². The van der Waals surface area contributed by atoms with Crippen molar-refractivity contribution in [1.29, 1.82) is 0 Å². The van der Waals surface area contributed by atoms with Crippen LogP contribution in [0.4, 0.5) is 4.79 Å². The van der Waals surface area contributed by atoms with Gasteiger partial charge < -0.3 is 20.5 Å². The highest BCUT2D eigenvalue weighted by atomic mass is 16.6. The summed E-state index contributed by atoms with van der Waals surface area (Å²) < 4.78 is 5.33. The third-order valence-electron chi connectivity index (χ3n) is 3.14. The lowest BCUT2D eigenvalue weighted by Crippen LogP contribution is -2.41. The number of aliphatic hydroxyl groups excluding tert-OH is 1. The van der Waals surface area contributed by atoms with Crippen molar-refractivity contribution >= 4 is 6.09 Å². The number of β-amino-alcohol motifs (C(OH)–C–C–N with tert-alkyl or cyclic N) is 1. The average Bonchev–Trinajstić information content (AvgIpc) is 2.40. The molecule has 0 aromatic rings. The Kier molecular flexibility index (Phi) is 5.41. The molecule has 1 amide bonds. The maximum absolute atomic E-state index is 11.9. The van der Waals surface area contributed by atoms with E-state index in [1.165, 1.54) is 0 Å². The van der Waals surface area contributed by atoms with Crippen molar-refractivity contribution in [2.45, 2.75) is 51.7 Å². The molecule has 0 bridgehead atoms. The van der Waals surface area contributed by atoms with Crippen molar-refractivity contribution in [2.75, 3.05) is 19.6 Å². The lowest BCUT2D eigenvalue weighted by molar-refractivity contribution is 0.0128. The summed E-state index contributed by atoms with van der Waals surface area (Å²) in [4.78, 5) is 13.5. The number of rotatable bonds is 2. The second-order valence-electron chi connectivity index (χ2n) is 5.97. The van der Waals surface area contributed by atoms with Crippen LogP contribution in [0.5, 0.6) is 0 Å². The number of carbonyl (C=O) groups excluding carboxylic acids is 1. The molecule has 1 aliphatic rings. The second-order valence-corrected chi connectivity index (χ2v) is 5.97. The SMILES string of the molecule is CC(C)(C)OC(=O)N1CCCC(CCN)C(O)C1. The van der Waals surface area contributed by atoms with Crippen LogP contribution in [0.2, 0.25) is 0 Å². The van der Waals surface area contributed by atoms with Crippen molar-refractivity contribution in [3.63, 3.8) is 0 Å². The van der Waals surface area contributed by atoms with Crippen LogP contribution < -0.4 is 5.73 Å². The molecule has 2 atom stereocenters. The van der Waals surface area contributed by atoms with Gasteiger partial charge in [-0.15, -0.1) is 0 Å². The number of hydrogen-bond acceptors (Lipinski definition) is 4. The number of likely N-dealkylation sites (tertiary alicyclic amines) is 1. The first-order chi connectivity index (χ1) is 8.33. The molecule has 5 heteroatoms. The number of ether oxygens (including phenoxy) is 1. The Labute approximate surface area is 109 Å². The van der Waals surface area contributed by atoms with Gasteiger partial charge in [-0.2, -0.15) is 0 Å². The second kappa shape index (κ2) is 6.38. The van der Waals surface area contributed by atoms with Gasteiger partial charge in [0, 0.05) is 6.54 Å². The van der Waals surface area contributed by atoms with Gasteiger partial charge in [0.1, 0.15) is 5.60 Å². The monoisotopic (exact) mass is 258 g/mol. The molecule has 0 saturated carbocycles. The summed E-state index contributed by atoms with van der Waals surface area (Å²) in [6.07, 6.45) is 1.78. The van der Waals surface area contributed by atoms with Gasteiger partial charge in [0.25, 0.3) is 0 Å². The molecule has 1 saturated heterocycles. The molecule has 1 aliphatic heterocycles. The Hall–Kier alpha value is -0.810. The molecule has 0 aromatic carbocycles. The molecule has 1 rings (SSSR count). The summed E-state index contributed by atoms with van der Waals surface area (Å²) in [6, 6.07) is 0. The van der Waals surface area contributed by atoms with E-state index < -0.39 is 11.7 Å². The predicted molar refractivity (Wildman–Crippen MR) is 70.2 cm³/mol. The van der Waals surface area contributed by atoms with E-state index >= 15 is 0 Å². The number of nitrogens with zero attached hydrogens (tertiary/aromatic N) is 1. The minimum atomic E-state index is -0.497. The molecule has 1 fully saturated rings. The maximum Gasteiger partial charge on any atom is 0.410 e. The maximum atomic E-state index is 11.9. The fourth-order valence-electron chi connectivity index (χ4n) is 2.25. The van der Waals surface area contributed by atoms with Gasteiger partial charge in [0.05, 0.1) is 12.6 Å². The Morgan fingerprint density at radius 3 is 2.72 bits per heavy atom. The summed E-state index contributed by atoms with van der Waals surface area (Å²) in [5.41, 5.74) is 5.04. The molecule has 0 radical (unpaired) electrons. The summed E-state index contributed by atoms with van der Waals surface area (Å²) >= 11 is 0. The van der Waals surface area contributed by atoms with E-state index in [2.05, 4.69) is 0 Å². The smallest absolute Gasteiger partial charge is 0.410 e. The largest absolute Gasteiger partial charge is 0.444 e. The molecule has 0 spiro atoms. The molecule has 1 heterocycles. The van der Waals surface area contributed by atoms with Crippen molar-refractivity contribution in [3.8, 4) is 0 Å². The van der Waals surface area contributed by atoms with Gasteiger partial charge in [-0.05, 0) is 52.5 Å². The Bertz CT molecular complexity index is 276. The first-order valence-electron chi connectivity index (χ1n) is 6.69. The van der Waals surface area contributed by atoms with Crippen LogP contribution in [0.25, 0.3) is 0 Å². The number of nitrogens with two attached hydrogens (primary N) is 1. The van der Waals surface area contributed by atoms with Gasteiger partial charge in [-0.1, -0.05) is 0 Å². The molecule has 0 aliphatic carbocycles. The van der Waals surface area contributed by atoms with Crippen molar-refractivity contribution in [3.05, 3.63) is 0 Å². The fraction of sp³-hybridized carbons (Fsp3) is 0.923. The lowest BCUT2D eigenvalue weighted by atomic mass is 9.94. The van der Waals surface area contributed by atoms with Crippen LogP contribution in [0.1, 0.15) is 40.0 Å². The highest BCUT2D eigenvalue weighted by Gasteiger charge is 2.29. The van der Waals surface area contributed by atoms with Crippen LogP contribution in [-0.4, -0.2) is 47.4 Å². The third kappa shape index (κ3) is 4.82. The highest BCUT2D eigenvalue weighted by molar-refractivity contribution is 5.68.